The van der Waals surface area contributed by atoms with Crippen LogP contribution < -0.4 is 0 Å². The van der Waals surface area contributed by atoms with Crippen LogP contribution in [-0.2, 0) is 9.47 Å². The Morgan fingerprint density at radius 2 is 1.64 bits per heavy atom. The highest BCUT2D eigenvalue weighted by molar-refractivity contribution is 4.85. The van der Waals surface area contributed by atoms with Crippen LogP contribution in [0.15, 0.2) is 0 Å². The molecule has 1 N–H and O–H groups in total. The molecule has 0 bridgehead atoms. The van der Waals surface area contributed by atoms with E-state index in [4.69, 9.17) is 14.6 Å². The van der Waals surface area contributed by atoms with Crippen molar-refractivity contribution >= 4 is 0 Å². The Morgan fingerprint density at radius 3 is 2.00 bits per heavy atom. The monoisotopic (exact) mass is 203 g/mol. The highest BCUT2D eigenvalue weighted by Crippen LogP contribution is 2.16. The van der Waals surface area contributed by atoms with Gasteiger partial charge in [0.05, 0.1) is 18.8 Å². The van der Waals surface area contributed by atoms with Crippen LogP contribution in [0.3, 0.4) is 0 Å². The molecule has 0 aromatic heterocycles. The van der Waals surface area contributed by atoms with Gasteiger partial charge in [-0.05, 0) is 13.8 Å². The first-order valence-corrected chi connectivity index (χ1v) is 5.38. The van der Waals surface area contributed by atoms with E-state index in [1.807, 2.05) is 13.8 Å². The number of hydrogen-bond acceptors (Lipinski definition) is 4. The van der Waals surface area contributed by atoms with Crippen LogP contribution in [0.25, 0.3) is 0 Å². The molecular formula is C10H21NO3. The lowest BCUT2D eigenvalue weighted by atomic mass is 10.2. The second-order valence-corrected chi connectivity index (χ2v) is 3.47. The van der Waals surface area contributed by atoms with Crippen LogP contribution in [0.1, 0.15) is 13.8 Å². The standard InChI is InChI=1S/C10H21NO3/c1-3-13-9-7-11(5-6-12)8-10(9)14-4-2/h9-10,12H,3-8H2,1-2H3/t9-,10+. The van der Waals surface area contributed by atoms with Crippen LogP contribution in [0.2, 0.25) is 0 Å². The van der Waals surface area contributed by atoms with Crippen molar-refractivity contribution < 1.29 is 14.6 Å². The van der Waals surface area contributed by atoms with E-state index in [-0.39, 0.29) is 18.8 Å². The average Bonchev–Trinajstić information content (AvgIpc) is 2.50. The quantitative estimate of drug-likeness (QED) is 0.665. The zero-order valence-electron chi connectivity index (χ0n) is 9.11. The van der Waals surface area contributed by atoms with Crippen molar-refractivity contribution in [1.29, 1.82) is 0 Å². The second kappa shape index (κ2) is 6.35. The summed E-state index contributed by atoms with van der Waals surface area (Å²) in [6.07, 6.45) is 0.345. The van der Waals surface area contributed by atoms with Crippen molar-refractivity contribution in [2.75, 3.05) is 39.5 Å². The molecule has 0 amide bonds. The van der Waals surface area contributed by atoms with E-state index in [1.165, 1.54) is 0 Å². The predicted molar refractivity (Wildman–Crippen MR) is 54.4 cm³/mol. The summed E-state index contributed by atoms with van der Waals surface area (Å²) in [4.78, 5) is 2.18. The van der Waals surface area contributed by atoms with Gasteiger partial charge in [0.2, 0.25) is 0 Å². The number of nitrogens with zero attached hydrogens (tertiary/aromatic N) is 1. The average molecular weight is 203 g/mol. The van der Waals surface area contributed by atoms with E-state index in [1.54, 1.807) is 0 Å². The minimum atomic E-state index is 0.173. The molecule has 14 heavy (non-hydrogen) atoms. The molecular weight excluding hydrogens is 182 g/mol. The Hall–Kier alpha value is -0.160. The van der Waals surface area contributed by atoms with Crippen molar-refractivity contribution in [3.05, 3.63) is 0 Å². The summed E-state index contributed by atoms with van der Waals surface area (Å²) in [5.41, 5.74) is 0. The molecule has 1 fully saturated rings. The SMILES string of the molecule is CCO[C@H]1CN(CCO)C[C@H]1OCC. The highest BCUT2D eigenvalue weighted by atomic mass is 16.5. The van der Waals surface area contributed by atoms with Gasteiger partial charge in [-0.15, -0.1) is 0 Å². The summed E-state index contributed by atoms with van der Waals surface area (Å²) in [6.45, 7) is 8.11. The molecule has 1 rings (SSSR count). The minimum Gasteiger partial charge on any atom is -0.395 e. The first-order chi connectivity index (χ1) is 6.81. The molecule has 0 aliphatic carbocycles. The normalized spacial score (nSPS) is 28.5. The third kappa shape index (κ3) is 3.20. The number of aliphatic hydroxyl groups excluding tert-OH is 1. The fraction of sp³-hybridized carbons (Fsp3) is 1.00. The van der Waals surface area contributed by atoms with E-state index in [9.17, 15) is 0 Å². The van der Waals surface area contributed by atoms with Gasteiger partial charge >= 0.3 is 0 Å². The van der Waals surface area contributed by atoms with Crippen molar-refractivity contribution in [2.45, 2.75) is 26.1 Å². The Bertz CT molecular complexity index is 140. The fourth-order valence-corrected chi connectivity index (χ4v) is 1.89. The zero-order chi connectivity index (χ0) is 10.4. The third-order valence-corrected chi connectivity index (χ3v) is 2.47. The molecule has 0 radical (unpaired) electrons. The van der Waals surface area contributed by atoms with Gasteiger partial charge in [-0.1, -0.05) is 0 Å². The molecule has 1 aliphatic rings. The van der Waals surface area contributed by atoms with Crippen LogP contribution in [-0.4, -0.2) is 61.7 Å². The predicted octanol–water partition coefficient (Wildman–Crippen LogP) is 0.104. The lowest BCUT2D eigenvalue weighted by Crippen LogP contribution is -2.29. The summed E-state index contributed by atoms with van der Waals surface area (Å²) < 4.78 is 11.2. The fourth-order valence-electron chi connectivity index (χ4n) is 1.89. The van der Waals surface area contributed by atoms with Gasteiger partial charge in [0.25, 0.3) is 0 Å². The zero-order valence-corrected chi connectivity index (χ0v) is 9.11. The van der Waals surface area contributed by atoms with Gasteiger partial charge in [-0.25, -0.2) is 0 Å². The van der Waals surface area contributed by atoms with E-state index in [0.29, 0.717) is 6.54 Å². The van der Waals surface area contributed by atoms with E-state index in [0.717, 1.165) is 26.3 Å². The maximum absolute atomic E-state index is 8.84. The van der Waals surface area contributed by atoms with Crippen molar-refractivity contribution in [1.82, 2.24) is 4.90 Å². The number of hydrogen-bond donors (Lipinski definition) is 1. The third-order valence-electron chi connectivity index (χ3n) is 2.47. The number of β-amino-alcohol motifs (C(OH)–C–C–N with tert-alkyl or cyclic N) is 1. The second-order valence-electron chi connectivity index (χ2n) is 3.47. The molecule has 0 spiro atoms. The van der Waals surface area contributed by atoms with Gasteiger partial charge in [0.15, 0.2) is 0 Å². The summed E-state index contributed by atoms with van der Waals surface area (Å²) in [7, 11) is 0. The molecule has 0 unspecified atom stereocenters. The van der Waals surface area contributed by atoms with Crippen molar-refractivity contribution in [3.8, 4) is 0 Å². The van der Waals surface area contributed by atoms with Crippen LogP contribution in [0.5, 0.6) is 0 Å². The van der Waals surface area contributed by atoms with Gasteiger partial charge in [-0.2, -0.15) is 0 Å². The number of ether oxygens (including phenoxy) is 2. The Labute approximate surface area is 85.8 Å². The van der Waals surface area contributed by atoms with Gasteiger partial charge in [0, 0.05) is 32.8 Å². The molecule has 4 heteroatoms. The van der Waals surface area contributed by atoms with Gasteiger partial charge < -0.3 is 14.6 Å². The van der Waals surface area contributed by atoms with Crippen molar-refractivity contribution in [3.63, 3.8) is 0 Å². The molecule has 4 nitrogen and oxygen atoms in total. The summed E-state index contributed by atoms with van der Waals surface area (Å²) in [5, 5.41) is 8.84. The van der Waals surface area contributed by atoms with Crippen molar-refractivity contribution in [2.24, 2.45) is 0 Å². The molecule has 1 heterocycles. The summed E-state index contributed by atoms with van der Waals surface area (Å²) in [5.74, 6) is 0. The topological polar surface area (TPSA) is 41.9 Å². The number of likely N-dealkylation sites (tertiary alicyclic amines) is 1. The lowest BCUT2D eigenvalue weighted by Gasteiger charge is -2.17. The maximum Gasteiger partial charge on any atom is 0.0975 e. The Balaban J connectivity index is 2.38. The molecule has 0 aromatic carbocycles. The number of rotatable bonds is 6. The lowest BCUT2D eigenvalue weighted by molar-refractivity contribution is -0.0388. The maximum atomic E-state index is 8.84. The summed E-state index contributed by atoms with van der Waals surface area (Å²) >= 11 is 0. The molecule has 84 valence electrons. The minimum absolute atomic E-state index is 0.173. The molecule has 0 saturated carbocycles. The van der Waals surface area contributed by atoms with E-state index < -0.39 is 0 Å². The Morgan fingerprint density at radius 1 is 1.14 bits per heavy atom. The van der Waals surface area contributed by atoms with Gasteiger partial charge in [-0.3, -0.25) is 4.90 Å². The van der Waals surface area contributed by atoms with Crippen LogP contribution >= 0.6 is 0 Å². The summed E-state index contributed by atoms with van der Waals surface area (Å²) in [6, 6.07) is 0. The molecule has 1 aliphatic heterocycles. The largest absolute Gasteiger partial charge is 0.395 e. The molecule has 2 atom stereocenters. The smallest absolute Gasteiger partial charge is 0.0975 e. The van der Waals surface area contributed by atoms with Crippen LogP contribution in [0, 0.1) is 0 Å². The highest BCUT2D eigenvalue weighted by Gasteiger charge is 2.33. The number of aliphatic hydroxyl groups is 1. The van der Waals surface area contributed by atoms with E-state index in [2.05, 4.69) is 4.90 Å². The first-order valence-electron chi connectivity index (χ1n) is 5.38. The first kappa shape index (κ1) is 11.9. The Kier molecular flexibility index (Phi) is 5.40. The van der Waals surface area contributed by atoms with E-state index >= 15 is 0 Å². The van der Waals surface area contributed by atoms with Crippen LogP contribution in [0.4, 0.5) is 0 Å². The molecule has 1 saturated heterocycles. The van der Waals surface area contributed by atoms with Gasteiger partial charge in [0.1, 0.15) is 0 Å². The molecule has 0 aromatic rings.